The van der Waals surface area contributed by atoms with Crippen molar-refractivity contribution in [2.45, 2.75) is 0 Å². The van der Waals surface area contributed by atoms with Crippen LogP contribution in [-0.4, -0.2) is 37.7 Å². The van der Waals surface area contributed by atoms with E-state index in [0.717, 1.165) is 0 Å². The largest absolute Gasteiger partial charge is 0.480 e. The maximum absolute atomic E-state index is 11.5. The summed E-state index contributed by atoms with van der Waals surface area (Å²) in [7, 11) is 0. The second-order valence-electron chi connectivity index (χ2n) is 4.19. The van der Waals surface area contributed by atoms with Gasteiger partial charge in [-0.15, -0.1) is 6.58 Å². The van der Waals surface area contributed by atoms with Gasteiger partial charge in [0.05, 0.1) is 15.1 Å². The third-order valence-corrected chi connectivity index (χ3v) is 3.36. The van der Waals surface area contributed by atoms with Crippen LogP contribution in [0, 0.1) is 0 Å². The molecule has 24 heavy (non-hydrogen) atoms. The first-order valence-corrected chi connectivity index (χ1v) is 7.58. The molecule has 7 nitrogen and oxygen atoms in total. The molecule has 1 rings (SSSR count). The minimum absolute atomic E-state index is 0.135. The molecule has 10 heteroatoms. The SMILES string of the molecule is C=CCNC(=O)NC(=O)COC(=O)COc1cc(Cl)c(Cl)cc1Cl. The van der Waals surface area contributed by atoms with Crippen LogP contribution in [0.25, 0.3) is 0 Å². The van der Waals surface area contributed by atoms with Crippen molar-refractivity contribution in [3.63, 3.8) is 0 Å². The molecule has 0 heterocycles. The second kappa shape index (κ2) is 10.0. The quantitative estimate of drug-likeness (QED) is 0.420. The number of amides is 3. The fraction of sp³-hybridized carbons (Fsp3) is 0.214. The number of esters is 1. The zero-order valence-corrected chi connectivity index (χ0v) is 14.5. The number of carbonyl (C=O) groups is 3. The molecular formula is C14H13Cl3N2O5. The number of benzene rings is 1. The minimum atomic E-state index is -0.834. The number of rotatable bonds is 7. The van der Waals surface area contributed by atoms with Crippen molar-refractivity contribution >= 4 is 52.7 Å². The topological polar surface area (TPSA) is 93.7 Å². The van der Waals surface area contributed by atoms with Gasteiger partial charge in [0, 0.05) is 12.6 Å². The van der Waals surface area contributed by atoms with E-state index in [0.29, 0.717) is 0 Å². The average Bonchev–Trinajstić information content (AvgIpc) is 2.53. The smallest absolute Gasteiger partial charge is 0.344 e. The molecule has 0 unspecified atom stereocenters. The van der Waals surface area contributed by atoms with Gasteiger partial charge in [-0.2, -0.15) is 0 Å². The van der Waals surface area contributed by atoms with Gasteiger partial charge < -0.3 is 14.8 Å². The maximum atomic E-state index is 11.5. The molecule has 0 spiro atoms. The summed E-state index contributed by atoms with van der Waals surface area (Å²) in [5.41, 5.74) is 0. The lowest BCUT2D eigenvalue weighted by molar-refractivity contribution is -0.150. The van der Waals surface area contributed by atoms with Gasteiger partial charge in [-0.25, -0.2) is 9.59 Å². The number of imide groups is 1. The Hall–Kier alpha value is -1.96. The molecule has 0 saturated carbocycles. The van der Waals surface area contributed by atoms with Gasteiger partial charge >= 0.3 is 12.0 Å². The van der Waals surface area contributed by atoms with Gasteiger partial charge in [-0.1, -0.05) is 40.9 Å². The lowest BCUT2D eigenvalue weighted by Crippen LogP contribution is -2.41. The number of nitrogens with one attached hydrogen (secondary N) is 2. The Morgan fingerprint density at radius 2 is 1.75 bits per heavy atom. The first kappa shape index (κ1) is 20.1. The highest BCUT2D eigenvalue weighted by Gasteiger charge is 2.13. The standard InChI is InChI=1S/C14H13Cl3N2O5/c1-2-3-18-14(22)19-12(20)6-24-13(21)7-23-11-5-9(16)8(15)4-10(11)17/h2,4-5H,1,3,6-7H2,(H2,18,19,20,22). The highest BCUT2D eigenvalue weighted by molar-refractivity contribution is 6.43. The van der Waals surface area contributed by atoms with Crippen molar-refractivity contribution in [1.82, 2.24) is 10.6 Å². The summed E-state index contributed by atoms with van der Waals surface area (Å²) in [6.45, 7) is 2.44. The molecule has 0 aromatic heterocycles. The number of carbonyl (C=O) groups excluding carboxylic acids is 3. The van der Waals surface area contributed by atoms with Gasteiger partial charge in [0.25, 0.3) is 5.91 Å². The summed E-state index contributed by atoms with van der Waals surface area (Å²) < 4.78 is 9.78. The van der Waals surface area contributed by atoms with Gasteiger partial charge in [0.15, 0.2) is 13.2 Å². The van der Waals surface area contributed by atoms with Crippen molar-refractivity contribution in [1.29, 1.82) is 0 Å². The second-order valence-corrected chi connectivity index (χ2v) is 5.41. The fourth-order valence-electron chi connectivity index (χ4n) is 1.31. The van der Waals surface area contributed by atoms with E-state index in [-0.39, 0.29) is 27.4 Å². The Bertz CT molecular complexity index is 652. The number of hydrogen-bond donors (Lipinski definition) is 2. The summed E-state index contributed by atoms with van der Waals surface area (Å²) >= 11 is 17.4. The van der Waals surface area contributed by atoms with Crippen LogP contribution in [-0.2, 0) is 14.3 Å². The summed E-state index contributed by atoms with van der Waals surface area (Å²) in [6, 6.07) is 1.98. The molecule has 0 bridgehead atoms. The maximum Gasteiger partial charge on any atom is 0.344 e. The van der Waals surface area contributed by atoms with Crippen molar-refractivity contribution < 1.29 is 23.9 Å². The third kappa shape index (κ3) is 7.08. The Morgan fingerprint density at radius 1 is 1.08 bits per heavy atom. The minimum Gasteiger partial charge on any atom is -0.480 e. The fourth-order valence-corrected chi connectivity index (χ4v) is 1.90. The molecule has 1 aromatic rings. The zero-order chi connectivity index (χ0) is 18.1. The molecule has 130 valence electrons. The average molecular weight is 396 g/mol. The molecule has 0 aliphatic rings. The first-order valence-electron chi connectivity index (χ1n) is 6.45. The molecule has 0 atom stereocenters. The van der Waals surface area contributed by atoms with Crippen LogP contribution in [0.2, 0.25) is 15.1 Å². The molecule has 2 N–H and O–H groups in total. The monoisotopic (exact) mass is 394 g/mol. The molecule has 0 radical (unpaired) electrons. The van der Waals surface area contributed by atoms with E-state index in [1.54, 1.807) is 0 Å². The summed E-state index contributed by atoms with van der Waals surface area (Å²) in [5, 5.41) is 4.88. The predicted molar refractivity (Wildman–Crippen MR) is 89.7 cm³/mol. The summed E-state index contributed by atoms with van der Waals surface area (Å²) in [6.07, 6.45) is 1.44. The number of hydrogen-bond acceptors (Lipinski definition) is 5. The van der Waals surface area contributed by atoms with Gasteiger partial charge in [0.1, 0.15) is 5.75 Å². The van der Waals surface area contributed by atoms with Gasteiger partial charge in [-0.3, -0.25) is 10.1 Å². The summed E-state index contributed by atoms with van der Waals surface area (Å²) in [5.74, 6) is -1.49. The Kier molecular flexibility index (Phi) is 8.39. The van der Waals surface area contributed by atoms with E-state index >= 15 is 0 Å². The van der Waals surface area contributed by atoms with Crippen LogP contribution in [0.1, 0.15) is 0 Å². The normalized spacial score (nSPS) is 9.79. The number of urea groups is 1. The van der Waals surface area contributed by atoms with Crippen LogP contribution < -0.4 is 15.4 Å². The van der Waals surface area contributed by atoms with Crippen molar-refractivity contribution in [2.24, 2.45) is 0 Å². The van der Waals surface area contributed by atoms with E-state index in [1.807, 2.05) is 5.32 Å². The molecule has 1 aromatic carbocycles. The van der Waals surface area contributed by atoms with Crippen molar-refractivity contribution in [3.8, 4) is 5.75 Å². The Morgan fingerprint density at radius 3 is 2.42 bits per heavy atom. The lowest BCUT2D eigenvalue weighted by atomic mass is 10.3. The molecule has 0 aliphatic carbocycles. The van der Waals surface area contributed by atoms with Gasteiger partial charge in [0.2, 0.25) is 0 Å². The van der Waals surface area contributed by atoms with Crippen molar-refractivity contribution in [3.05, 3.63) is 39.9 Å². The highest BCUT2D eigenvalue weighted by Crippen LogP contribution is 2.33. The number of ether oxygens (including phenoxy) is 2. The van der Waals surface area contributed by atoms with E-state index in [4.69, 9.17) is 39.5 Å². The Balaban J connectivity index is 2.37. The molecule has 0 saturated heterocycles. The summed E-state index contributed by atoms with van der Waals surface area (Å²) in [4.78, 5) is 34.0. The van der Waals surface area contributed by atoms with E-state index in [1.165, 1.54) is 18.2 Å². The third-order valence-electron chi connectivity index (χ3n) is 2.34. The molecule has 0 aliphatic heterocycles. The molecule has 0 fully saturated rings. The molecule has 3 amide bonds. The van der Waals surface area contributed by atoms with E-state index in [2.05, 4.69) is 16.6 Å². The number of halogens is 3. The van der Waals surface area contributed by atoms with Crippen LogP contribution in [0.3, 0.4) is 0 Å². The Labute approximate surface area is 152 Å². The van der Waals surface area contributed by atoms with Crippen LogP contribution in [0.5, 0.6) is 5.75 Å². The molecular weight excluding hydrogens is 383 g/mol. The van der Waals surface area contributed by atoms with Gasteiger partial charge in [-0.05, 0) is 6.07 Å². The highest BCUT2D eigenvalue weighted by atomic mass is 35.5. The van der Waals surface area contributed by atoms with Crippen LogP contribution in [0.4, 0.5) is 4.79 Å². The van der Waals surface area contributed by atoms with Crippen LogP contribution >= 0.6 is 34.8 Å². The predicted octanol–water partition coefficient (Wildman–Crippen LogP) is 2.58. The lowest BCUT2D eigenvalue weighted by Gasteiger charge is -2.09. The van der Waals surface area contributed by atoms with E-state index in [9.17, 15) is 14.4 Å². The first-order chi connectivity index (χ1) is 11.3. The zero-order valence-electron chi connectivity index (χ0n) is 12.2. The van der Waals surface area contributed by atoms with E-state index < -0.39 is 31.1 Å². The van der Waals surface area contributed by atoms with Crippen LogP contribution in [0.15, 0.2) is 24.8 Å². The van der Waals surface area contributed by atoms with Crippen molar-refractivity contribution in [2.75, 3.05) is 19.8 Å².